The van der Waals surface area contributed by atoms with Crippen LogP contribution in [0.3, 0.4) is 0 Å². The summed E-state index contributed by atoms with van der Waals surface area (Å²) in [6.45, 7) is 0.301. The van der Waals surface area contributed by atoms with E-state index in [1.54, 1.807) is 54.7 Å². The van der Waals surface area contributed by atoms with Crippen LogP contribution in [0, 0.1) is 0 Å². The van der Waals surface area contributed by atoms with Crippen molar-refractivity contribution in [3.05, 3.63) is 106 Å². The van der Waals surface area contributed by atoms with Crippen LogP contribution in [0.15, 0.2) is 90.6 Å². The fraction of sp³-hybridized carbons (Fsp3) is 0.0370. The van der Waals surface area contributed by atoms with Gasteiger partial charge in [0.1, 0.15) is 29.4 Å². The number of amides is 2. The number of hydrogen-bond acceptors (Lipinski definition) is 7. The molecule has 1 saturated heterocycles. The molecule has 2 amide bonds. The van der Waals surface area contributed by atoms with E-state index in [2.05, 4.69) is 10.3 Å². The van der Waals surface area contributed by atoms with Crippen LogP contribution >= 0.6 is 35.2 Å². The van der Waals surface area contributed by atoms with E-state index in [0.29, 0.717) is 39.6 Å². The number of halogens is 1. The van der Waals surface area contributed by atoms with Crippen molar-refractivity contribution in [2.24, 2.45) is 0 Å². The van der Waals surface area contributed by atoms with Gasteiger partial charge in [-0.15, -0.1) is 11.3 Å². The predicted octanol–water partition coefficient (Wildman–Crippen LogP) is 6.00. The molecule has 1 aliphatic heterocycles. The molecule has 1 N–H and O–H groups in total. The lowest BCUT2D eigenvalue weighted by molar-refractivity contribution is -0.122. The van der Waals surface area contributed by atoms with Crippen LogP contribution in [0.2, 0.25) is 4.47 Å². The number of rotatable bonds is 7. The van der Waals surface area contributed by atoms with E-state index in [1.807, 2.05) is 30.3 Å². The van der Waals surface area contributed by atoms with E-state index < -0.39 is 11.8 Å². The number of benzene rings is 3. The van der Waals surface area contributed by atoms with Crippen LogP contribution in [-0.4, -0.2) is 21.9 Å². The van der Waals surface area contributed by atoms with Crippen molar-refractivity contribution >= 4 is 63.8 Å². The average molecular weight is 548 g/mol. The zero-order chi connectivity index (χ0) is 25.8. The number of thiocarbonyl (C=S) groups is 1. The molecule has 0 radical (unpaired) electrons. The minimum Gasteiger partial charge on any atom is -0.488 e. The molecule has 4 aromatic rings. The minimum absolute atomic E-state index is 0.00387. The van der Waals surface area contributed by atoms with Gasteiger partial charge in [-0.1, -0.05) is 41.9 Å². The number of para-hydroxylation sites is 1. The summed E-state index contributed by atoms with van der Waals surface area (Å²) < 4.78 is 12.1. The lowest BCUT2D eigenvalue weighted by atomic mass is 10.1. The number of ether oxygens (including phenoxy) is 2. The fourth-order valence-corrected chi connectivity index (χ4v) is 4.72. The summed E-state index contributed by atoms with van der Waals surface area (Å²) in [6, 6.07) is 23.3. The molecule has 184 valence electrons. The SMILES string of the molecule is O=C1NC(=S)N(c2ccc(Oc3ccccc3)cc2)C(=O)/C1=C/c1cccc(OCc2cnc(Cl)s2)c1. The lowest BCUT2D eigenvalue weighted by Gasteiger charge is -2.29. The zero-order valence-electron chi connectivity index (χ0n) is 19.1. The summed E-state index contributed by atoms with van der Waals surface area (Å²) in [4.78, 5) is 32.2. The van der Waals surface area contributed by atoms with Gasteiger partial charge in [0.25, 0.3) is 11.8 Å². The molecule has 7 nitrogen and oxygen atoms in total. The van der Waals surface area contributed by atoms with E-state index >= 15 is 0 Å². The molecule has 1 aliphatic rings. The van der Waals surface area contributed by atoms with Crippen molar-refractivity contribution in [2.45, 2.75) is 6.61 Å². The molecule has 0 aliphatic carbocycles. The quantitative estimate of drug-likeness (QED) is 0.174. The first kappa shape index (κ1) is 24.6. The fourth-order valence-electron chi connectivity index (χ4n) is 3.55. The zero-order valence-corrected chi connectivity index (χ0v) is 21.5. The highest BCUT2D eigenvalue weighted by Gasteiger charge is 2.34. The molecular weight excluding hydrogens is 530 g/mol. The first-order valence-corrected chi connectivity index (χ1v) is 12.6. The summed E-state index contributed by atoms with van der Waals surface area (Å²) in [6.07, 6.45) is 3.16. The van der Waals surface area contributed by atoms with Gasteiger partial charge in [-0.3, -0.25) is 19.8 Å². The van der Waals surface area contributed by atoms with Gasteiger partial charge < -0.3 is 9.47 Å². The number of nitrogens with zero attached hydrogens (tertiary/aromatic N) is 2. The maximum absolute atomic E-state index is 13.4. The van der Waals surface area contributed by atoms with Gasteiger partial charge in [-0.05, 0) is 72.4 Å². The second-order valence-electron chi connectivity index (χ2n) is 7.81. The molecule has 1 aromatic heterocycles. The maximum Gasteiger partial charge on any atom is 0.270 e. The molecule has 5 rings (SSSR count). The Morgan fingerprint density at radius 3 is 2.43 bits per heavy atom. The van der Waals surface area contributed by atoms with Crippen LogP contribution < -0.4 is 19.7 Å². The molecule has 2 heterocycles. The Hall–Kier alpha value is -4.05. The van der Waals surface area contributed by atoms with E-state index in [-0.39, 0.29) is 10.7 Å². The molecule has 0 saturated carbocycles. The topological polar surface area (TPSA) is 80.8 Å². The third-order valence-electron chi connectivity index (χ3n) is 5.25. The number of carbonyl (C=O) groups is 2. The van der Waals surface area contributed by atoms with E-state index in [1.165, 1.54) is 22.3 Å². The van der Waals surface area contributed by atoms with Gasteiger partial charge in [0.05, 0.1) is 10.6 Å². The van der Waals surface area contributed by atoms with Crippen molar-refractivity contribution in [2.75, 3.05) is 4.90 Å². The molecular formula is C27H18ClN3O4S2. The van der Waals surface area contributed by atoms with Crippen molar-refractivity contribution in [1.29, 1.82) is 0 Å². The Kier molecular flexibility index (Phi) is 7.27. The predicted molar refractivity (Wildman–Crippen MR) is 147 cm³/mol. The number of carbonyl (C=O) groups excluding carboxylic acids is 2. The molecule has 1 fully saturated rings. The molecule has 0 unspecified atom stereocenters. The Balaban J connectivity index is 1.34. The first-order valence-electron chi connectivity index (χ1n) is 11.0. The monoisotopic (exact) mass is 547 g/mol. The Bertz CT molecular complexity index is 1500. The summed E-state index contributed by atoms with van der Waals surface area (Å²) in [7, 11) is 0. The second kappa shape index (κ2) is 10.9. The normalized spacial score (nSPS) is 14.6. The van der Waals surface area contributed by atoms with Crippen molar-refractivity contribution < 1.29 is 19.1 Å². The second-order valence-corrected chi connectivity index (χ2v) is 9.89. The van der Waals surface area contributed by atoms with Gasteiger partial charge >= 0.3 is 0 Å². The number of nitrogens with one attached hydrogen (secondary N) is 1. The minimum atomic E-state index is -0.569. The summed E-state index contributed by atoms with van der Waals surface area (Å²) in [5.41, 5.74) is 1.07. The largest absolute Gasteiger partial charge is 0.488 e. The summed E-state index contributed by atoms with van der Waals surface area (Å²) >= 11 is 12.5. The van der Waals surface area contributed by atoms with E-state index in [4.69, 9.17) is 33.3 Å². The van der Waals surface area contributed by atoms with Crippen molar-refractivity contribution in [3.63, 3.8) is 0 Å². The Labute approximate surface area is 226 Å². The van der Waals surface area contributed by atoms with Gasteiger partial charge in [0.2, 0.25) is 0 Å². The highest BCUT2D eigenvalue weighted by Crippen LogP contribution is 2.28. The molecule has 10 heteroatoms. The lowest BCUT2D eigenvalue weighted by Crippen LogP contribution is -2.54. The van der Waals surface area contributed by atoms with Gasteiger partial charge in [0.15, 0.2) is 9.58 Å². The highest BCUT2D eigenvalue weighted by atomic mass is 35.5. The Morgan fingerprint density at radius 1 is 0.973 bits per heavy atom. The van der Waals surface area contributed by atoms with Gasteiger partial charge in [0, 0.05) is 6.20 Å². The van der Waals surface area contributed by atoms with Crippen LogP contribution in [0.1, 0.15) is 10.4 Å². The first-order chi connectivity index (χ1) is 18.0. The smallest absolute Gasteiger partial charge is 0.270 e. The van der Waals surface area contributed by atoms with E-state index in [0.717, 1.165) is 4.88 Å². The van der Waals surface area contributed by atoms with Crippen LogP contribution in [0.25, 0.3) is 6.08 Å². The third-order valence-corrected chi connectivity index (χ3v) is 6.62. The van der Waals surface area contributed by atoms with Crippen LogP contribution in [-0.2, 0) is 16.2 Å². The van der Waals surface area contributed by atoms with Crippen LogP contribution in [0.5, 0.6) is 17.2 Å². The summed E-state index contributed by atoms with van der Waals surface area (Å²) in [5, 5.41) is 2.60. The summed E-state index contributed by atoms with van der Waals surface area (Å²) in [5.74, 6) is 0.767. The molecule has 0 atom stereocenters. The highest BCUT2D eigenvalue weighted by molar-refractivity contribution is 7.80. The number of anilines is 1. The molecule has 37 heavy (non-hydrogen) atoms. The Morgan fingerprint density at radius 2 is 1.70 bits per heavy atom. The average Bonchev–Trinajstić information content (AvgIpc) is 3.32. The van der Waals surface area contributed by atoms with Crippen molar-refractivity contribution in [1.82, 2.24) is 10.3 Å². The molecule has 0 bridgehead atoms. The van der Waals surface area contributed by atoms with Gasteiger partial charge in [-0.25, -0.2) is 4.98 Å². The van der Waals surface area contributed by atoms with E-state index in [9.17, 15) is 9.59 Å². The maximum atomic E-state index is 13.4. The molecule has 0 spiro atoms. The molecule has 3 aromatic carbocycles. The van der Waals surface area contributed by atoms with Gasteiger partial charge in [-0.2, -0.15) is 0 Å². The number of thiazole rings is 1. The number of hydrogen-bond donors (Lipinski definition) is 1. The van der Waals surface area contributed by atoms with Crippen molar-refractivity contribution in [3.8, 4) is 17.2 Å². The standard InChI is InChI=1S/C27H18ClN3O4S2/c28-26-29-15-22(37-26)16-34-21-8-4-5-17(13-21)14-23-24(32)30-27(36)31(25(23)33)18-9-11-20(12-10-18)35-19-6-2-1-3-7-19/h1-15H,16H2,(H,30,32,36)/b23-14+. The number of aromatic nitrogens is 1. The van der Waals surface area contributed by atoms with Crippen LogP contribution in [0.4, 0.5) is 5.69 Å². The third kappa shape index (κ3) is 5.86.